The molecule has 1 saturated carbocycles. The van der Waals surface area contributed by atoms with Gasteiger partial charge in [-0.3, -0.25) is 0 Å². The molecule has 1 aliphatic carbocycles. The minimum Gasteiger partial charge on any atom is -0.497 e. The van der Waals surface area contributed by atoms with E-state index in [-0.39, 0.29) is 10.3 Å². The molecule has 1 heterocycles. The maximum Gasteiger partial charge on any atom is 0.240 e. The molecule has 0 spiro atoms. The summed E-state index contributed by atoms with van der Waals surface area (Å²) in [7, 11) is -2.02. The molecular formula is C19H19ClN2O3S. The third-order valence-corrected chi connectivity index (χ3v) is 6.69. The zero-order chi connectivity index (χ0) is 18.4. The normalized spacial score (nSPS) is 15.9. The van der Waals surface area contributed by atoms with Crippen LogP contribution in [0.2, 0.25) is 5.02 Å². The van der Waals surface area contributed by atoms with Gasteiger partial charge in [0.05, 0.1) is 12.0 Å². The number of nitrogens with one attached hydrogen (secondary N) is 2. The summed E-state index contributed by atoms with van der Waals surface area (Å²) < 4.78 is 33.1. The molecule has 2 aromatic carbocycles. The quantitative estimate of drug-likeness (QED) is 0.671. The number of fused-ring (bicyclic) bond motifs is 1. The zero-order valence-electron chi connectivity index (χ0n) is 14.3. The monoisotopic (exact) mass is 390 g/mol. The molecule has 7 heteroatoms. The summed E-state index contributed by atoms with van der Waals surface area (Å²) in [4.78, 5) is 3.48. The van der Waals surface area contributed by atoms with Crippen molar-refractivity contribution in [1.29, 1.82) is 0 Å². The average Bonchev–Trinajstić information content (AvgIpc) is 3.32. The molecule has 1 aliphatic rings. The maximum absolute atomic E-state index is 12.6. The van der Waals surface area contributed by atoms with Crippen LogP contribution in [-0.4, -0.2) is 27.1 Å². The van der Waals surface area contributed by atoms with Gasteiger partial charge in [0.15, 0.2) is 0 Å². The van der Waals surface area contributed by atoms with Crippen molar-refractivity contribution in [1.82, 2.24) is 9.71 Å². The number of aromatic nitrogens is 1. The summed E-state index contributed by atoms with van der Waals surface area (Å²) in [5.41, 5.74) is 1.95. The summed E-state index contributed by atoms with van der Waals surface area (Å²) in [5, 5.41) is 1.77. The lowest BCUT2D eigenvalue weighted by molar-refractivity contribution is 0.414. The number of H-pyrrole nitrogens is 1. The lowest BCUT2D eigenvalue weighted by Gasteiger charge is -2.16. The zero-order valence-corrected chi connectivity index (χ0v) is 15.8. The predicted octanol–water partition coefficient (Wildman–Crippen LogP) is 3.84. The molecule has 2 N–H and O–H groups in total. The van der Waals surface area contributed by atoms with Gasteiger partial charge < -0.3 is 9.72 Å². The highest BCUT2D eigenvalue weighted by molar-refractivity contribution is 7.89. The molecule has 26 heavy (non-hydrogen) atoms. The van der Waals surface area contributed by atoms with Gasteiger partial charge in [-0.1, -0.05) is 17.7 Å². The molecule has 1 fully saturated rings. The molecule has 0 atom stereocenters. The third-order valence-electron chi connectivity index (χ3n) is 5.04. The van der Waals surface area contributed by atoms with Gasteiger partial charge in [0, 0.05) is 34.1 Å². The van der Waals surface area contributed by atoms with Gasteiger partial charge in [-0.2, -0.15) is 0 Å². The minimum atomic E-state index is -3.57. The fourth-order valence-corrected chi connectivity index (χ4v) is 4.60. The molecule has 3 aromatic rings. The number of rotatable bonds is 6. The highest BCUT2D eigenvalue weighted by Gasteiger charge is 2.46. The Kier molecular flexibility index (Phi) is 4.22. The van der Waals surface area contributed by atoms with Crippen molar-refractivity contribution in [2.45, 2.75) is 23.2 Å². The van der Waals surface area contributed by atoms with E-state index in [2.05, 4.69) is 9.71 Å². The van der Waals surface area contributed by atoms with Crippen molar-refractivity contribution >= 4 is 32.5 Å². The second kappa shape index (κ2) is 6.30. The summed E-state index contributed by atoms with van der Waals surface area (Å²) >= 11 is 6.05. The molecule has 4 rings (SSSR count). The van der Waals surface area contributed by atoms with Gasteiger partial charge in [0.2, 0.25) is 10.0 Å². The van der Waals surface area contributed by atoms with E-state index in [1.165, 1.54) is 0 Å². The number of hydrogen-bond donors (Lipinski definition) is 2. The lowest BCUT2D eigenvalue weighted by atomic mass is 9.96. The Hall–Kier alpha value is -2.02. The maximum atomic E-state index is 12.6. The molecule has 0 radical (unpaired) electrons. The van der Waals surface area contributed by atoms with Crippen LogP contribution < -0.4 is 9.46 Å². The first kappa shape index (κ1) is 17.4. The number of halogens is 1. The minimum absolute atomic E-state index is 0.161. The Bertz CT molecular complexity index is 1050. The van der Waals surface area contributed by atoms with E-state index in [1.807, 2.05) is 24.4 Å². The number of hydrogen-bond acceptors (Lipinski definition) is 3. The summed E-state index contributed by atoms with van der Waals surface area (Å²) in [6.45, 7) is 0.372. The Morgan fingerprint density at radius 2 is 1.92 bits per heavy atom. The van der Waals surface area contributed by atoms with E-state index in [0.717, 1.165) is 29.3 Å². The summed E-state index contributed by atoms with van der Waals surface area (Å²) in [6, 6.07) is 12.1. The second-order valence-electron chi connectivity index (χ2n) is 6.67. The van der Waals surface area contributed by atoms with Crippen molar-refractivity contribution in [3.05, 3.63) is 59.2 Å². The van der Waals surface area contributed by atoms with Crippen LogP contribution in [0, 0.1) is 0 Å². The van der Waals surface area contributed by atoms with E-state index in [1.54, 1.807) is 31.4 Å². The van der Waals surface area contributed by atoms with Crippen LogP contribution in [0.3, 0.4) is 0 Å². The molecule has 0 aliphatic heterocycles. The Morgan fingerprint density at radius 3 is 2.58 bits per heavy atom. The fourth-order valence-electron chi connectivity index (χ4n) is 3.30. The number of methoxy groups -OCH3 is 1. The highest BCUT2D eigenvalue weighted by Crippen LogP contribution is 2.50. The second-order valence-corrected chi connectivity index (χ2v) is 8.88. The van der Waals surface area contributed by atoms with E-state index in [0.29, 0.717) is 17.3 Å². The van der Waals surface area contributed by atoms with Gasteiger partial charge in [0.1, 0.15) is 5.75 Å². The predicted molar refractivity (Wildman–Crippen MR) is 102 cm³/mol. The topological polar surface area (TPSA) is 71.2 Å². The van der Waals surface area contributed by atoms with Gasteiger partial charge in [-0.15, -0.1) is 0 Å². The number of sulfonamides is 1. The van der Waals surface area contributed by atoms with Crippen LogP contribution in [0.1, 0.15) is 18.4 Å². The van der Waals surface area contributed by atoms with Gasteiger partial charge in [0.25, 0.3) is 0 Å². The van der Waals surface area contributed by atoms with Crippen LogP contribution in [0.5, 0.6) is 5.75 Å². The van der Waals surface area contributed by atoms with Crippen LogP contribution in [0.25, 0.3) is 10.9 Å². The largest absolute Gasteiger partial charge is 0.497 e. The summed E-state index contributed by atoms with van der Waals surface area (Å²) in [5.74, 6) is 0.625. The standard InChI is InChI=1S/C19H19ClN2O3S/c1-25-14-3-5-15(6-4-14)26(23,24)22-12-19(8-9-19)17-11-21-18-10-13(20)2-7-16(17)18/h2-7,10-11,21-22H,8-9,12H2,1H3. The van der Waals surface area contributed by atoms with E-state index in [4.69, 9.17) is 16.3 Å². The third kappa shape index (κ3) is 3.09. The number of ether oxygens (including phenoxy) is 1. The molecule has 5 nitrogen and oxygen atoms in total. The van der Waals surface area contributed by atoms with Gasteiger partial charge >= 0.3 is 0 Å². The number of benzene rings is 2. The molecule has 1 aromatic heterocycles. The molecular weight excluding hydrogens is 372 g/mol. The van der Waals surface area contributed by atoms with Crippen molar-refractivity contribution < 1.29 is 13.2 Å². The first-order valence-electron chi connectivity index (χ1n) is 8.34. The van der Waals surface area contributed by atoms with E-state index in [9.17, 15) is 8.42 Å². The van der Waals surface area contributed by atoms with Crippen molar-refractivity contribution in [2.75, 3.05) is 13.7 Å². The van der Waals surface area contributed by atoms with Crippen LogP contribution in [0.4, 0.5) is 0 Å². The van der Waals surface area contributed by atoms with Gasteiger partial charge in [-0.25, -0.2) is 13.1 Å². The first-order chi connectivity index (χ1) is 12.4. The SMILES string of the molecule is COc1ccc(S(=O)(=O)NCC2(c3c[nH]c4cc(Cl)ccc34)CC2)cc1. The fraction of sp³-hybridized carbons (Fsp3) is 0.263. The van der Waals surface area contributed by atoms with Gasteiger partial charge in [-0.05, 0) is 54.8 Å². The van der Waals surface area contributed by atoms with Crippen molar-refractivity contribution in [2.24, 2.45) is 0 Å². The highest BCUT2D eigenvalue weighted by atomic mass is 35.5. The van der Waals surface area contributed by atoms with Crippen LogP contribution in [0.15, 0.2) is 53.6 Å². The first-order valence-corrected chi connectivity index (χ1v) is 10.2. The number of aromatic amines is 1. The van der Waals surface area contributed by atoms with Crippen LogP contribution >= 0.6 is 11.6 Å². The summed E-state index contributed by atoms with van der Waals surface area (Å²) in [6.07, 6.45) is 3.87. The smallest absolute Gasteiger partial charge is 0.240 e. The lowest BCUT2D eigenvalue weighted by Crippen LogP contribution is -2.32. The van der Waals surface area contributed by atoms with Crippen LogP contribution in [-0.2, 0) is 15.4 Å². The Balaban J connectivity index is 1.56. The Labute approximate surface area is 157 Å². The molecule has 0 saturated heterocycles. The van der Waals surface area contributed by atoms with E-state index < -0.39 is 10.0 Å². The molecule has 136 valence electrons. The molecule has 0 bridgehead atoms. The average molecular weight is 391 g/mol. The Morgan fingerprint density at radius 1 is 1.19 bits per heavy atom. The van der Waals surface area contributed by atoms with E-state index >= 15 is 0 Å². The molecule has 0 unspecified atom stereocenters. The molecule has 0 amide bonds. The van der Waals surface area contributed by atoms with Crippen molar-refractivity contribution in [3.8, 4) is 5.75 Å². The van der Waals surface area contributed by atoms with Crippen molar-refractivity contribution in [3.63, 3.8) is 0 Å².